The summed E-state index contributed by atoms with van der Waals surface area (Å²) >= 11 is 0. The highest BCUT2D eigenvalue weighted by molar-refractivity contribution is 7.46. The molecule has 8 heteroatoms. The molecule has 0 aromatic carbocycles. The first-order chi connectivity index (χ1) is 11.8. The molecule has 0 saturated heterocycles. The minimum Gasteiger partial charge on any atom is -0.387 e. The van der Waals surface area contributed by atoms with Gasteiger partial charge < -0.3 is 20.2 Å². The van der Waals surface area contributed by atoms with Gasteiger partial charge in [0, 0.05) is 6.92 Å². The second-order valence-corrected chi connectivity index (χ2v) is 7.52. The topological polar surface area (TPSA) is 116 Å². The van der Waals surface area contributed by atoms with Crippen LogP contribution in [0.3, 0.4) is 0 Å². The van der Waals surface area contributed by atoms with E-state index in [1.54, 1.807) is 0 Å². The Balaban J connectivity index is 4.01. The number of allylic oxidation sites excluding steroid dienone is 1. The summed E-state index contributed by atoms with van der Waals surface area (Å²) in [5.41, 5.74) is 0. The lowest BCUT2D eigenvalue weighted by Gasteiger charge is -2.21. The molecule has 0 fully saturated rings. The molecule has 4 N–H and O–H groups in total. The van der Waals surface area contributed by atoms with Crippen LogP contribution in [0.2, 0.25) is 0 Å². The third kappa shape index (κ3) is 16.5. The number of hydrogen-bond donors (Lipinski definition) is 4. The average molecular weight is 379 g/mol. The molecule has 0 aromatic rings. The first-order valence-electron chi connectivity index (χ1n) is 9.08. The van der Waals surface area contributed by atoms with Crippen molar-refractivity contribution in [1.29, 1.82) is 0 Å². The van der Waals surface area contributed by atoms with Gasteiger partial charge in [-0.15, -0.1) is 0 Å². The van der Waals surface area contributed by atoms with E-state index in [4.69, 9.17) is 9.79 Å². The van der Waals surface area contributed by atoms with Crippen LogP contribution in [-0.4, -0.2) is 39.6 Å². The van der Waals surface area contributed by atoms with Gasteiger partial charge in [0.2, 0.25) is 5.91 Å². The summed E-state index contributed by atoms with van der Waals surface area (Å²) in [7, 11) is -4.64. The second-order valence-electron chi connectivity index (χ2n) is 6.28. The Labute approximate surface area is 151 Å². The second kappa shape index (κ2) is 14.4. The van der Waals surface area contributed by atoms with E-state index in [1.807, 2.05) is 6.08 Å². The third-order valence-corrected chi connectivity index (χ3v) is 4.27. The number of aliphatic hydroxyl groups excluding tert-OH is 1. The summed E-state index contributed by atoms with van der Waals surface area (Å²) in [6.45, 7) is 3.00. The normalized spacial score (nSPS) is 14.6. The molecule has 0 heterocycles. The van der Waals surface area contributed by atoms with Gasteiger partial charge in [0.05, 0.1) is 18.8 Å². The molecule has 0 aliphatic heterocycles. The molecule has 2 atom stereocenters. The van der Waals surface area contributed by atoms with Crippen molar-refractivity contribution in [3.63, 3.8) is 0 Å². The van der Waals surface area contributed by atoms with Crippen LogP contribution in [-0.2, 0) is 13.9 Å². The van der Waals surface area contributed by atoms with Gasteiger partial charge in [-0.3, -0.25) is 9.32 Å². The van der Waals surface area contributed by atoms with E-state index in [2.05, 4.69) is 16.8 Å². The van der Waals surface area contributed by atoms with Crippen molar-refractivity contribution in [3.05, 3.63) is 12.2 Å². The van der Waals surface area contributed by atoms with Gasteiger partial charge in [0.15, 0.2) is 0 Å². The summed E-state index contributed by atoms with van der Waals surface area (Å²) in [6.07, 6.45) is 12.9. The van der Waals surface area contributed by atoms with Crippen LogP contribution in [0.1, 0.15) is 71.6 Å². The number of unbranched alkanes of at least 4 members (excludes halogenated alkanes) is 8. The number of phosphoric ester groups is 1. The van der Waals surface area contributed by atoms with Crippen molar-refractivity contribution < 1.29 is 28.8 Å². The third-order valence-electron chi connectivity index (χ3n) is 3.78. The number of amides is 1. The highest BCUT2D eigenvalue weighted by atomic mass is 31.2. The zero-order valence-electron chi connectivity index (χ0n) is 15.4. The van der Waals surface area contributed by atoms with Crippen molar-refractivity contribution in [2.45, 2.75) is 83.8 Å². The molecule has 1 amide bonds. The van der Waals surface area contributed by atoms with Crippen LogP contribution in [0.15, 0.2) is 12.2 Å². The molecule has 7 nitrogen and oxygen atoms in total. The van der Waals surface area contributed by atoms with Gasteiger partial charge in [0.25, 0.3) is 0 Å². The van der Waals surface area contributed by atoms with E-state index in [0.717, 1.165) is 19.3 Å². The maximum Gasteiger partial charge on any atom is 0.469 e. The zero-order chi connectivity index (χ0) is 19.1. The molecule has 0 radical (unpaired) electrons. The highest BCUT2D eigenvalue weighted by Crippen LogP contribution is 2.35. The summed E-state index contributed by atoms with van der Waals surface area (Å²) in [5, 5.41) is 12.5. The van der Waals surface area contributed by atoms with Crippen molar-refractivity contribution >= 4 is 13.7 Å². The number of aliphatic hydroxyl groups is 1. The van der Waals surface area contributed by atoms with Gasteiger partial charge in [-0.25, -0.2) is 4.57 Å². The number of nitrogens with one attached hydrogen (secondary N) is 1. The maximum absolute atomic E-state index is 11.1. The minimum atomic E-state index is -4.64. The Morgan fingerprint density at radius 3 is 2.20 bits per heavy atom. The van der Waals surface area contributed by atoms with Crippen LogP contribution < -0.4 is 5.32 Å². The smallest absolute Gasteiger partial charge is 0.387 e. The number of hydrogen-bond acceptors (Lipinski definition) is 4. The number of carbonyl (C=O) groups is 1. The Kier molecular flexibility index (Phi) is 14.0. The highest BCUT2D eigenvalue weighted by Gasteiger charge is 2.23. The fourth-order valence-electron chi connectivity index (χ4n) is 2.43. The SMILES string of the molecule is CCCCCCCCCC/C=C/[C@@H](O)[C@H](COP(=O)(O)O)NC(C)=O. The molecule has 148 valence electrons. The minimum absolute atomic E-state index is 0.408. The Morgan fingerprint density at radius 2 is 1.68 bits per heavy atom. The summed E-state index contributed by atoms with van der Waals surface area (Å²) in [6, 6.07) is -0.903. The first kappa shape index (κ1) is 24.3. The molecular formula is C17H34NO6P. The van der Waals surface area contributed by atoms with Crippen molar-refractivity contribution in [1.82, 2.24) is 5.32 Å². The first-order valence-corrected chi connectivity index (χ1v) is 10.6. The summed E-state index contributed by atoms with van der Waals surface area (Å²) < 4.78 is 15.1. The van der Waals surface area contributed by atoms with Crippen LogP contribution in [0, 0.1) is 0 Å². The molecular weight excluding hydrogens is 345 g/mol. The number of carbonyl (C=O) groups excluding carboxylic acids is 1. The summed E-state index contributed by atoms with van der Waals surface area (Å²) in [5.74, 6) is -0.408. The largest absolute Gasteiger partial charge is 0.469 e. The molecule has 0 aliphatic carbocycles. The van der Waals surface area contributed by atoms with Gasteiger partial charge in [-0.2, -0.15) is 0 Å². The predicted molar refractivity (Wildman–Crippen MR) is 98.0 cm³/mol. The van der Waals surface area contributed by atoms with E-state index in [1.165, 1.54) is 51.5 Å². The number of rotatable bonds is 15. The van der Waals surface area contributed by atoms with Crippen molar-refractivity contribution in [2.75, 3.05) is 6.61 Å². The van der Waals surface area contributed by atoms with E-state index >= 15 is 0 Å². The molecule has 0 bridgehead atoms. The van der Waals surface area contributed by atoms with Gasteiger partial charge in [-0.1, -0.05) is 64.0 Å². The quantitative estimate of drug-likeness (QED) is 0.197. The lowest BCUT2D eigenvalue weighted by Crippen LogP contribution is -2.44. The van der Waals surface area contributed by atoms with Gasteiger partial charge in [-0.05, 0) is 12.8 Å². The average Bonchev–Trinajstić information content (AvgIpc) is 2.51. The van der Waals surface area contributed by atoms with E-state index in [-0.39, 0.29) is 0 Å². The predicted octanol–water partition coefficient (Wildman–Crippen LogP) is 3.05. The fraction of sp³-hybridized carbons (Fsp3) is 0.824. The van der Waals surface area contributed by atoms with Crippen molar-refractivity contribution in [2.24, 2.45) is 0 Å². The van der Waals surface area contributed by atoms with Crippen LogP contribution in [0.4, 0.5) is 0 Å². The molecule has 0 aromatic heterocycles. The van der Waals surface area contributed by atoms with E-state index in [0.29, 0.717) is 0 Å². The lowest BCUT2D eigenvalue weighted by molar-refractivity contribution is -0.120. The molecule has 0 rings (SSSR count). The Morgan fingerprint density at radius 1 is 1.12 bits per heavy atom. The van der Waals surface area contributed by atoms with Crippen molar-refractivity contribution in [3.8, 4) is 0 Å². The Bertz CT molecular complexity index is 423. The zero-order valence-corrected chi connectivity index (χ0v) is 16.3. The van der Waals surface area contributed by atoms with Crippen LogP contribution in [0.25, 0.3) is 0 Å². The molecule has 0 unspecified atom stereocenters. The summed E-state index contributed by atoms with van der Waals surface area (Å²) in [4.78, 5) is 28.6. The number of phosphoric acid groups is 1. The maximum atomic E-state index is 11.1. The standard InChI is InChI=1S/C17H34NO6P/c1-3-4-5-6-7-8-9-10-11-12-13-17(20)16(18-15(2)19)14-24-25(21,22)23/h12-13,16-17,20H,3-11,14H2,1-2H3,(H,18,19)(H2,21,22,23)/b13-12+/t16-,17+/m0/s1. The van der Waals surface area contributed by atoms with Gasteiger partial charge in [0.1, 0.15) is 0 Å². The molecule has 0 saturated carbocycles. The molecule has 0 aliphatic rings. The molecule has 25 heavy (non-hydrogen) atoms. The fourth-order valence-corrected chi connectivity index (χ4v) is 2.78. The van der Waals surface area contributed by atoms with E-state index in [9.17, 15) is 14.5 Å². The van der Waals surface area contributed by atoms with Gasteiger partial charge >= 0.3 is 7.82 Å². The Hall–Kier alpha value is -0.720. The lowest BCUT2D eigenvalue weighted by atomic mass is 10.1. The monoisotopic (exact) mass is 379 g/mol. The van der Waals surface area contributed by atoms with Crippen LogP contribution in [0.5, 0.6) is 0 Å². The molecule has 0 spiro atoms. The van der Waals surface area contributed by atoms with Crippen LogP contribution >= 0.6 is 7.82 Å². The van der Waals surface area contributed by atoms with E-state index < -0.39 is 32.5 Å².